The molecule has 1 aromatic carbocycles. The first-order valence-electron chi connectivity index (χ1n) is 4.26. The molecule has 0 aliphatic heterocycles. The molecule has 3 nitrogen and oxygen atoms in total. The molecule has 0 N–H and O–H groups in total. The van der Waals surface area contributed by atoms with Gasteiger partial charge in [0.15, 0.2) is 4.98 Å². The summed E-state index contributed by atoms with van der Waals surface area (Å²) < 4.78 is 0. The summed E-state index contributed by atoms with van der Waals surface area (Å²) in [6, 6.07) is 11.2. The van der Waals surface area contributed by atoms with E-state index in [0.717, 1.165) is 11.1 Å². The van der Waals surface area contributed by atoms with Crippen molar-refractivity contribution >= 4 is 5.69 Å². The largest absolute Gasteiger partial charge is 0.392 e. The van der Waals surface area contributed by atoms with Crippen molar-refractivity contribution in [3.8, 4) is 11.1 Å². The molecule has 0 aliphatic carbocycles. The van der Waals surface area contributed by atoms with Crippen LogP contribution in [0.4, 0.5) is 5.69 Å². The monoisotopic (exact) mass is 182 g/mol. The summed E-state index contributed by atoms with van der Waals surface area (Å²) >= 11 is 0. The van der Waals surface area contributed by atoms with E-state index in [1.165, 1.54) is 0 Å². The summed E-state index contributed by atoms with van der Waals surface area (Å²) in [7, 11) is 0. The highest BCUT2D eigenvalue weighted by Crippen LogP contribution is 2.28. The molecule has 14 heavy (non-hydrogen) atoms. The van der Waals surface area contributed by atoms with Gasteiger partial charge in [-0.15, -0.1) is 0 Å². The van der Waals surface area contributed by atoms with Crippen LogP contribution in [-0.4, -0.2) is 4.98 Å². The van der Waals surface area contributed by atoms with Crippen molar-refractivity contribution in [3.63, 3.8) is 0 Å². The van der Waals surface area contributed by atoms with Crippen LogP contribution in [0, 0.1) is 5.39 Å². The van der Waals surface area contributed by atoms with Gasteiger partial charge in [-0.3, -0.25) is 4.98 Å². The van der Waals surface area contributed by atoms with E-state index in [1.54, 1.807) is 18.5 Å². The smallest absolute Gasteiger partial charge is 0.264 e. The SMILES string of the molecule is N#[N+]c1ccccc1-c1cccnc1. The first-order chi connectivity index (χ1) is 6.92. The van der Waals surface area contributed by atoms with E-state index in [-0.39, 0.29) is 0 Å². The second kappa shape index (κ2) is 3.67. The predicted molar refractivity (Wildman–Crippen MR) is 54.4 cm³/mol. The molecule has 0 radical (unpaired) electrons. The summed E-state index contributed by atoms with van der Waals surface area (Å²) in [4.78, 5) is 7.23. The lowest BCUT2D eigenvalue weighted by atomic mass is 10.1. The highest BCUT2D eigenvalue weighted by atomic mass is 14.8. The van der Waals surface area contributed by atoms with E-state index < -0.39 is 0 Å². The molecule has 0 bridgehead atoms. The molecule has 0 unspecified atom stereocenters. The number of hydrogen-bond acceptors (Lipinski definition) is 2. The minimum atomic E-state index is 0.556. The van der Waals surface area contributed by atoms with Crippen molar-refractivity contribution < 1.29 is 0 Å². The number of rotatable bonds is 1. The van der Waals surface area contributed by atoms with Gasteiger partial charge in [-0.2, -0.15) is 0 Å². The van der Waals surface area contributed by atoms with Crippen molar-refractivity contribution in [1.29, 1.82) is 5.39 Å². The maximum Gasteiger partial charge on any atom is 0.392 e. The Bertz CT molecular complexity index is 471. The second-order valence-electron chi connectivity index (χ2n) is 2.86. The van der Waals surface area contributed by atoms with E-state index in [2.05, 4.69) is 9.96 Å². The van der Waals surface area contributed by atoms with Crippen LogP contribution in [0.5, 0.6) is 0 Å². The van der Waals surface area contributed by atoms with Gasteiger partial charge in [0.25, 0.3) is 0 Å². The third kappa shape index (κ3) is 1.46. The molecule has 66 valence electrons. The first-order valence-corrected chi connectivity index (χ1v) is 4.26. The molecule has 1 aromatic heterocycles. The van der Waals surface area contributed by atoms with Gasteiger partial charge in [-0.25, -0.2) is 0 Å². The van der Waals surface area contributed by atoms with Crippen LogP contribution in [0.25, 0.3) is 16.1 Å². The molecule has 0 aliphatic rings. The quantitative estimate of drug-likeness (QED) is 0.635. The van der Waals surface area contributed by atoms with Gasteiger partial charge < -0.3 is 0 Å². The standard InChI is InChI=1S/C11H8N3/c12-14-11-6-2-1-5-10(11)9-4-3-7-13-8-9/h1-8H/q+1. The summed E-state index contributed by atoms with van der Waals surface area (Å²) in [6.45, 7) is 0. The van der Waals surface area contributed by atoms with Gasteiger partial charge in [0.2, 0.25) is 5.39 Å². The highest BCUT2D eigenvalue weighted by molar-refractivity contribution is 5.77. The second-order valence-corrected chi connectivity index (χ2v) is 2.86. The van der Waals surface area contributed by atoms with E-state index >= 15 is 0 Å². The molecular formula is C11H8N3+. The van der Waals surface area contributed by atoms with Gasteiger partial charge >= 0.3 is 5.69 Å². The lowest BCUT2D eigenvalue weighted by molar-refractivity contribution is 1.33. The van der Waals surface area contributed by atoms with Crippen LogP contribution < -0.4 is 0 Å². The number of hydrogen-bond donors (Lipinski definition) is 0. The molecule has 0 spiro atoms. The van der Waals surface area contributed by atoms with Gasteiger partial charge in [-0.1, -0.05) is 18.2 Å². The van der Waals surface area contributed by atoms with Gasteiger partial charge in [-0.05, 0) is 12.1 Å². The summed E-state index contributed by atoms with van der Waals surface area (Å²) in [5.41, 5.74) is 2.38. The molecule has 2 aromatic rings. The fourth-order valence-corrected chi connectivity index (χ4v) is 1.33. The van der Waals surface area contributed by atoms with E-state index in [9.17, 15) is 0 Å². The van der Waals surface area contributed by atoms with Gasteiger partial charge in [0.1, 0.15) is 0 Å². The van der Waals surface area contributed by atoms with Crippen LogP contribution in [0.3, 0.4) is 0 Å². The van der Waals surface area contributed by atoms with E-state index in [4.69, 9.17) is 5.39 Å². The average molecular weight is 182 g/mol. The van der Waals surface area contributed by atoms with Crippen molar-refractivity contribution in [3.05, 3.63) is 53.8 Å². The molecule has 0 atom stereocenters. The van der Waals surface area contributed by atoms with Crippen LogP contribution in [0.15, 0.2) is 48.8 Å². The Morgan fingerprint density at radius 3 is 2.64 bits per heavy atom. The third-order valence-electron chi connectivity index (χ3n) is 1.98. The zero-order valence-corrected chi connectivity index (χ0v) is 7.46. The minimum Gasteiger partial charge on any atom is -0.264 e. The highest BCUT2D eigenvalue weighted by Gasteiger charge is 2.13. The maximum absolute atomic E-state index is 8.78. The van der Waals surface area contributed by atoms with Crippen molar-refractivity contribution in [2.45, 2.75) is 0 Å². The Hall–Kier alpha value is -2.21. The van der Waals surface area contributed by atoms with E-state index in [1.807, 2.05) is 30.3 Å². The molecule has 0 saturated heterocycles. The summed E-state index contributed by atoms with van der Waals surface area (Å²) in [6.07, 6.45) is 3.45. The lowest BCUT2D eigenvalue weighted by Crippen LogP contribution is -1.78. The Balaban J connectivity index is 2.58. The van der Waals surface area contributed by atoms with Crippen molar-refractivity contribution in [2.24, 2.45) is 0 Å². The third-order valence-corrected chi connectivity index (χ3v) is 1.98. The van der Waals surface area contributed by atoms with Crippen molar-refractivity contribution in [2.75, 3.05) is 0 Å². The molecule has 2 rings (SSSR count). The number of benzene rings is 1. The molecule has 0 saturated carbocycles. The number of aromatic nitrogens is 1. The lowest BCUT2D eigenvalue weighted by Gasteiger charge is -1.95. The number of diazo groups is 1. The molecule has 0 amide bonds. The Labute approximate surface area is 81.7 Å². The zero-order valence-electron chi connectivity index (χ0n) is 7.46. The summed E-state index contributed by atoms with van der Waals surface area (Å²) in [5, 5.41) is 8.78. The van der Waals surface area contributed by atoms with Crippen LogP contribution >= 0.6 is 0 Å². The Morgan fingerprint density at radius 1 is 1.07 bits per heavy atom. The number of nitrogens with zero attached hydrogens (tertiary/aromatic N) is 3. The number of pyridine rings is 1. The molecule has 1 heterocycles. The van der Waals surface area contributed by atoms with Gasteiger partial charge in [0.05, 0.1) is 5.56 Å². The first kappa shape index (κ1) is 8.39. The molecular weight excluding hydrogens is 174 g/mol. The van der Waals surface area contributed by atoms with Crippen LogP contribution in [0.2, 0.25) is 0 Å². The van der Waals surface area contributed by atoms with Crippen molar-refractivity contribution in [1.82, 2.24) is 4.98 Å². The maximum atomic E-state index is 8.78. The Morgan fingerprint density at radius 2 is 1.93 bits per heavy atom. The van der Waals surface area contributed by atoms with Crippen LogP contribution in [0.1, 0.15) is 0 Å². The minimum absolute atomic E-state index is 0.556. The normalized spacial score (nSPS) is 9.36. The summed E-state index contributed by atoms with van der Waals surface area (Å²) in [5.74, 6) is 0. The molecule has 3 heteroatoms. The molecule has 0 fully saturated rings. The fraction of sp³-hybridized carbons (Fsp3) is 0. The van der Waals surface area contributed by atoms with Crippen LogP contribution in [-0.2, 0) is 0 Å². The van der Waals surface area contributed by atoms with E-state index in [0.29, 0.717) is 5.69 Å². The average Bonchev–Trinajstić information content (AvgIpc) is 2.30. The topological polar surface area (TPSA) is 41.0 Å². The van der Waals surface area contributed by atoms with Gasteiger partial charge in [0, 0.05) is 24.0 Å². The predicted octanol–water partition coefficient (Wildman–Crippen LogP) is 3.23. The Kier molecular flexibility index (Phi) is 2.20. The zero-order chi connectivity index (χ0) is 9.80. The fourth-order valence-electron chi connectivity index (χ4n) is 1.33.